The lowest BCUT2D eigenvalue weighted by atomic mass is 10.1. The second-order valence-electron chi connectivity index (χ2n) is 9.28. The molecule has 1 aliphatic rings. The molecule has 0 bridgehead atoms. The maximum Gasteiger partial charge on any atom is 0.230 e. The van der Waals surface area contributed by atoms with Crippen molar-refractivity contribution in [2.24, 2.45) is 5.92 Å². The molecule has 0 aliphatic carbocycles. The molecule has 8 nitrogen and oxygen atoms in total. The summed E-state index contributed by atoms with van der Waals surface area (Å²) in [6.07, 6.45) is 2.80. The van der Waals surface area contributed by atoms with Crippen LogP contribution in [0.15, 0.2) is 66.9 Å². The molecule has 0 unspecified atom stereocenters. The molecule has 1 fully saturated rings. The van der Waals surface area contributed by atoms with Crippen molar-refractivity contribution in [3.63, 3.8) is 0 Å². The number of likely N-dealkylation sites (tertiary alicyclic amines) is 1. The Labute approximate surface area is 215 Å². The Hall–Kier alpha value is -4.33. The summed E-state index contributed by atoms with van der Waals surface area (Å²) in [5.41, 5.74) is 4.45. The number of pyridine rings is 1. The lowest BCUT2D eigenvalue weighted by molar-refractivity contribution is -0.128. The van der Waals surface area contributed by atoms with E-state index in [0.717, 1.165) is 22.3 Å². The van der Waals surface area contributed by atoms with E-state index in [0.29, 0.717) is 42.5 Å². The third-order valence-corrected chi connectivity index (χ3v) is 6.76. The number of nitrogens with one attached hydrogen (secondary N) is 1. The van der Waals surface area contributed by atoms with Crippen LogP contribution in [0, 0.1) is 12.8 Å². The van der Waals surface area contributed by atoms with Crippen LogP contribution in [0.2, 0.25) is 0 Å². The second-order valence-corrected chi connectivity index (χ2v) is 9.28. The molecule has 1 atom stereocenters. The third-order valence-electron chi connectivity index (χ3n) is 6.76. The first kappa shape index (κ1) is 24.4. The summed E-state index contributed by atoms with van der Waals surface area (Å²) in [5.74, 6) is 1.31. The Morgan fingerprint density at radius 2 is 1.84 bits per heavy atom. The zero-order valence-corrected chi connectivity index (χ0v) is 21.2. The first-order valence-electron chi connectivity index (χ1n) is 12.3. The Balaban J connectivity index is 1.31. The van der Waals surface area contributed by atoms with E-state index in [9.17, 15) is 9.59 Å². The number of carbonyl (C=O) groups is 2. The van der Waals surface area contributed by atoms with Gasteiger partial charge in [-0.3, -0.25) is 14.0 Å². The molecule has 3 heterocycles. The summed E-state index contributed by atoms with van der Waals surface area (Å²) in [5, 5.41) is 3.10. The normalized spacial score (nSPS) is 15.3. The molecule has 2 aromatic heterocycles. The quantitative estimate of drug-likeness (QED) is 0.390. The highest BCUT2D eigenvalue weighted by molar-refractivity contribution is 5.99. The van der Waals surface area contributed by atoms with E-state index in [1.165, 1.54) is 0 Å². The number of hydrogen-bond acceptors (Lipinski definition) is 5. The molecule has 5 rings (SSSR count). The topological polar surface area (TPSA) is 85.2 Å². The molecule has 0 radical (unpaired) electrons. The first-order chi connectivity index (χ1) is 18.0. The molecule has 2 aromatic carbocycles. The SMILES string of the molecule is COc1ccc(CCN2C[C@H](C(=O)Nc3c(-c4ccccc4)nc4ccc(C)cn34)CC2=O)cc1OC. The number of fused-ring (bicyclic) bond motifs is 1. The molecule has 1 saturated heterocycles. The maximum atomic E-state index is 13.4. The van der Waals surface area contributed by atoms with Gasteiger partial charge >= 0.3 is 0 Å². The fraction of sp³-hybridized carbons (Fsp3) is 0.276. The van der Waals surface area contributed by atoms with Gasteiger partial charge in [0.15, 0.2) is 11.5 Å². The van der Waals surface area contributed by atoms with Crippen LogP contribution < -0.4 is 14.8 Å². The van der Waals surface area contributed by atoms with Crippen molar-refractivity contribution in [3.8, 4) is 22.8 Å². The fourth-order valence-corrected chi connectivity index (χ4v) is 4.75. The second kappa shape index (κ2) is 10.3. The van der Waals surface area contributed by atoms with Crippen molar-refractivity contribution in [1.82, 2.24) is 14.3 Å². The van der Waals surface area contributed by atoms with E-state index in [2.05, 4.69) is 5.32 Å². The molecule has 8 heteroatoms. The summed E-state index contributed by atoms with van der Waals surface area (Å²) in [6.45, 7) is 2.91. The van der Waals surface area contributed by atoms with Gasteiger partial charge in [0, 0.05) is 31.3 Å². The van der Waals surface area contributed by atoms with Crippen LogP contribution in [-0.4, -0.2) is 53.4 Å². The van der Waals surface area contributed by atoms with E-state index in [1.807, 2.05) is 78.2 Å². The third kappa shape index (κ3) is 5.00. The molecule has 1 aliphatic heterocycles. The summed E-state index contributed by atoms with van der Waals surface area (Å²) >= 11 is 0. The fourth-order valence-electron chi connectivity index (χ4n) is 4.75. The molecule has 4 aromatic rings. The van der Waals surface area contributed by atoms with Crippen LogP contribution in [-0.2, 0) is 16.0 Å². The molecule has 0 saturated carbocycles. The zero-order chi connectivity index (χ0) is 25.9. The van der Waals surface area contributed by atoms with Gasteiger partial charge in [-0.2, -0.15) is 0 Å². The summed E-state index contributed by atoms with van der Waals surface area (Å²) in [4.78, 5) is 32.7. The van der Waals surface area contributed by atoms with Gasteiger partial charge < -0.3 is 19.7 Å². The van der Waals surface area contributed by atoms with E-state index < -0.39 is 5.92 Å². The molecule has 2 amide bonds. The van der Waals surface area contributed by atoms with Gasteiger partial charge in [-0.05, 0) is 42.7 Å². The van der Waals surface area contributed by atoms with Gasteiger partial charge in [-0.25, -0.2) is 4.98 Å². The first-order valence-corrected chi connectivity index (χ1v) is 12.3. The van der Waals surface area contributed by atoms with Crippen LogP contribution in [0.1, 0.15) is 17.5 Å². The van der Waals surface area contributed by atoms with E-state index in [-0.39, 0.29) is 18.2 Å². The minimum atomic E-state index is -0.433. The average molecular weight is 499 g/mol. The number of carbonyl (C=O) groups excluding carboxylic acids is 2. The van der Waals surface area contributed by atoms with Crippen molar-refractivity contribution >= 4 is 23.3 Å². The van der Waals surface area contributed by atoms with Crippen molar-refractivity contribution in [1.29, 1.82) is 0 Å². The number of anilines is 1. The lowest BCUT2D eigenvalue weighted by Gasteiger charge is -2.17. The number of aromatic nitrogens is 2. The highest BCUT2D eigenvalue weighted by Crippen LogP contribution is 2.31. The van der Waals surface area contributed by atoms with Crippen molar-refractivity contribution in [3.05, 3.63) is 78.0 Å². The number of amides is 2. The Morgan fingerprint density at radius 1 is 1.05 bits per heavy atom. The van der Waals surface area contributed by atoms with Gasteiger partial charge in [0.05, 0.1) is 20.1 Å². The van der Waals surface area contributed by atoms with Gasteiger partial charge in [0.25, 0.3) is 0 Å². The van der Waals surface area contributed by atoms with Gasteiger partial charge in [0.1, 0.15) is 17.2 Å². The monoisotopic (exact) mass is 498 g/mol. The van der Waals surface area contributed by atoms with Crippen LogP contribution in [0.3, 0.4) is 0 Å². The molecule has 1 N–H and O–H groups in total. The number of ether oxygens (including phenoxy) is 2. The van der Waals surface area contributed by atoms with Crippen LogP contribution in [0.25, 0.3) is 16.9 Å². The Morgan fingerprint density at radius 3 is 2.59 bits per heavy atom. The Kier molecular flexibility index (Phi) is 6.81. The standard InChI is InChI=1S/C29H30N4O4/c1-19-9-12-25-30-27(21-7-5-4-6-8-21)28(33(25)17-19)31-29(35)22-16-26(34)32(18-22)14-13-20-10-11-23(36-2)24(15-20)37-3/h4-12,15,17,22H,13-14,16,18H2,1-3H3,(H,31,35)/t22-/m1/s1. The molecule has 0 spiro atoms. The van der Waals surface area contributed by atoms with Crippen LogP contribution in [0.5, 0.6) is 11.5 Å². The van der Waals surface area contributed by atoms with Crippen LogP contribution >= 0.6 is 0 Å². The van der Waals surface area contributed by atoms with Gasteiger partial charge in [0.2, 0.25) is 11.8 Å². The number of nitrogens with zero attached hydrogens (tertiary/aromatic N) is 3. The minimum absolute atomic E-state index is 0.0158. The highest BCUT2D eigenvalue weighted by atomic mass is 16.5. The number of hydrogen-bond donors (Lipinski definition) is 1. The zero-order valence-electron chi connectivity index (χ0n) is 21.2. The maximum absolute atomic E-state index is 13.4. The minimum Gasteiger partial charge on any atom is -0.493 e. The van der Waals surface area contributed by atoms with E-state index in [4.69, 9.17) is 14.5 Å². The summed E-state index contributed by atoms with van der Waals surface area (Å²) < 4.78 is 12.6. The smallest absolute Gasteiger partial charge is 0.230 e. The Bertz CT molecular complexity index is 1450. The summed E-state index contributed by atoms with van der Waals surface area (Å²) in [6, 6.07) is 19.5. The summed E-state index contributed by atoms with van der Waals surface area (Å²) in [7, 11) is 3.20. The van der Waals surface area contributed by atoms with Crippen LogP contribution in [0.4, 0.5) is 5.82 Å². The number of imidazole rings is 1. The predicted molar refractivity (Wildman–Crippen MR) is 142 cm³/mol. The molecule has 190 valence electrons. The largest absolute Gasteiger partial charge is 0.493 e. The predicted octanol–water partition coefficient (Wildman–Crippen LogP) is 4.36. The van der Waals surface area contributed by atoms with Crippen molar-refractivity contribution in [2.75, 3.05) is 32.6 Å². The van der Waals surface area contributed by atoms with E-state index >= 15 is 0 Å². The lowest BCUT2D eigenvalue weighted by Crippen LogP contribution is -2.30. The van der Waals surface area contributed by atoms with Gasteiger partial charge in [-0.15, -0.1) is 0 Å². The van der Waals surface area contributed by atoms with E-state index in [1.54, 1.807) is 19.1 Å². The number of aryl methyl sites for hydroxylation is 1. The number of methoxy groups -OCH3 is 2. The van der Waals surface area contributed by atoms with Crippen molar-refractivity contribution < 1.29 is 19.1 Å². The molecule has 37 heavy (non-hydrogen) atoms. The highest BCUT2D eigenvalue weighted by Gasteiger charge is 2.35. The van der Waals surface area contributed by atoms with Crippen molar-refractivity contribution in [2.45, 2.75) is 19.8 Å². The van der Waals surface area contributed by atoms with Gasteiger partial charge in [-0.1, -0.05) is 42.5 Å². The number of benzene rings is 2. The number of rotatable bonds is 8. The average Bonchev–Trinajstić information content (AvgIpc) is 3.47. The molecular formula is C29H30N4O4. The molecular weight excluding hydrogens is 468 g/mol.